The molecule has 0 atom stereocenters. The van der Waals surface area contributed by atoms with Crippen LogP contribution in [0.15, 0.2) is 70.2 Å². The van der Waals surface area contributed by atoms with Gasteiger partial charge in [-0.05, 0) is 42.2 Å². The molecule has 4 rings (SSSR count). The Morgan fingerprint density at radius 2 is 1.69 bits per heavy atom. The SMILES string of the molecule is COc1cc2c(cc1NC(=O)C/C(C)=N\NC(=O)c1ccc(C(C)(C)C)cc1)oc1ccccc12. The summed E-state index contributed by atoms with van der Waals surface area (Å²) in [6, 6.07) is 18.7. The van der Waals surface area contributed by atoms with Crippen molar-refractivity contribution in [2.75, 3.05) is 12.4 Å². The average Bonchev–Trinajstić information content (AvgIpc) is 3.18. The lowest BCUT2D eigenvalue weighted by Crippen LogP contribution is -2.22. The molecule has 180 valence electrons. The number of para-hydroxylation sites is 1. The minimum atomic E-state index is -0.331. The maximum Gasteiger partial charge on any atom is 0.271 e. The average molecular weight is 472 g/mol. The summed E-state index contributed by atoms with van der Waals surface area (Å²) < 4.78 is 11.4. The highest BCUT2D eigenvalue weighted by molar-refractivity contribution is 6.10. The van der Waals surface area contributed by atoms with Crippen LogP contribution in [0.2, 0.25) is 0 Å². The predicted molar refractivity (Wildman–Crippen MR) is 139 cm³/mol. The van der Waals surface area contributed by atoms with E-state index in [1.165, 1.54) is 0 Å². The van der Waals surface area contributed by atoms with Crippen molar-refractivity contribution in [3.05, 3.63) is 71.8 Å². The molecule has 0 radical (unpaired) electrons. The molecular formula is C28H29N3O4. The van der Waals surface area contributed by atoms with Crippen molar-refractivity contribution in [3.63, 3.8) is 0 Å². The number of nitrogens with zero attached hydrogens (tertiary/aromatic N) is 1. The second kappa shape index (κ2) is 9.62. The first kappa shape index (κ1) is 24.0. The molecule has 7 heteroatoms. The van der Waals surface area contributed by atoms with E-state index < -0.39 is 0 Å². The van der Waals surface area contributed by atoms with E-state index in [1.54, 1.807) is 32.2 Å². The lowest BCUT2D eigenvalue weighted by atomic mass is 9.87. The Bertz CT molecular complexity index is 1430. The molecule has 0 aliphatic heterocycles. The number of furan rings is 1. The van der Waals surface area contributed by atoms with Gasteiger partial charge in [0.05, 0.1) is 19.2 Å². The molecule has 35 heavy (non-hydrogen) atoms. The molecule has 2 amide bonds. The minimum Gasteiger partial charge on any atom is -0.495 e. The van der Waals surface area contributed by atoms with Crippen LogP contribution in [-0.2, 0) is 10.2 Å². The zero-order valence-corrected chi connectivity index (χ0v) is 20.6. The lowest BCUT2D eigenvalue weighted by molar-refractivity contribution is -0.115. The van der Waals surface area contributed by atoms with Crippen molar-refractivity contribution in [1.82, 2.24) is 5.43 Å². The number of carbonyl (C=O) groups is 2. The second-order valence-electron chi connectivity index (χ2n) is 9.49. The largest absolute Gasteiger partial charge is 0.495 e. The number of fused-ring (bicyclic) bond motifs is 3. The number of hydrazone groups is 1. The Balaban J connectivity index is 1.42. The normalized spacial score (nSPS) is 12.1. The van der Waals surface area contributed by atoms with Crippen LogP contribution in [0.4, 0.5) is 5.69 Å². The highest BCUT2D eigenvalue weighted by Crippen LogP contribution is 2.36. The molecule has 0 unspecified atom stereocenters. The molecule has 0 spiro atoms. The summed E-state index contributed by atoms with van der Waals surface area (Å²) >= 11 is 0. The van der Waals surface area contributed by atoms with E-state index in [9.17, 15) is 9.59 Å². The van der Waals surface area contributed by atoms with Crippen molar-refractivity contribution in [2.24, 2.45) is 5.10 Å². The van der Waals surface area contributed by atoms with Gasteiger partial charge in [-0.1, -0.05) is 51.1 Å². The molecule has 0 bridgehead atoms. The summed E-state index contributed by atoms with van der Waals surface area (Å²) in [5, 5.41) is 8.82. The van der Waals surface area contributed by atoms with Crippen LogP contribution in [-0.4, -0.2) is 24.6 Å². The van der Waals surface area contributed by atoms with Gasteiger partial charge < -0.3 is 14.5 Å². The molecule has 1 aromatic heterocycles. The molecular weight excluding hydrogens is 442 g/mol. The first-order chi connectivity index (χ1) is 16.7. The molecule has 0 saturated heterocycles. The Morgan fingerprint density at radius 3 is 2.37 bits per heavy atom. The summed E-state index contributed by atoms with van der Waals surface area (Å²) in [6.45, 7) is 8.03. The number of nitrogens with one attached hydrogen (secondary N) is 2. The number of ether oxygens (including phenoxy) is 1. The van der Waals surface area contributed by atoms with E-state index in [0.717, 1.165) is 21.9 Å². The monoisotopic (exact) mass is 471 g/mol. The van der Waals surface area contributed by atoms with Gasteiger partial charge in [0.25, 0.3) is 5.91 Å². The van der Waals surface area contributed by atoms with Gasteiger partial charge in [-0.2, -0.15) is 5.10 Å². The van der Waals surface area contributed by atoms with Crippen LogP contribution in [0, 0.1) is 0 Å². The third-order valence-corrected chi connectivity index (χ3v) is 5.75. The van der Waals surface area contributed by atoms with E-state index in [-0.39, 0.29) is 23.7 Å². The first-order valence-corrected chi connectivity index (χ1v) is 11.4. The Labute approximate surface area is 204 Å². The van der Waals surface area contributed by atoms with E-state index >= 15 is 0 Å². The molecule has 0 aliphatic rings. The fraction of sp³-hybridized carbons (Fsp3) is 0.250. The third kappa shape index (κ3) is 5.35. The number of anilines is 1. The van der Waals surface area contributed by atoms with Gasteiger partial charge in [0, 0.05) is 28.1 Å². The third-order valence-electron chi connectivity index (χ3n) is 5.75. The number of amides is 2. The minimum absolute atomic E-state index is 0.00453. The molecule has 0 saturated carbocycles. The number of carbonyl (C=O) groups excluding carboxylic acids is 2. The summed E-state index contributed by atoms with van der Waals surface area (Å²) in [7, 11) is 1.55. The van der Waals surface area contributed by atoms with Gasteiger partial charge in [0.1, 0.15) is 16.9 Å². The van der Waals surface area contributed by atoms with Crippen molar-refractivity contribution < 1.29 is 18.7 Å². The quantitative estimate of drug-likeness (QED) is 0.265. The van der Waals surface area contributed by atoms with Crippen LogP contribution >= 0.6 is 0 Å². The number of hydrogen-bond acceptors (Lipinski definition) is 5. The summed E-state index contributed by atoms with van der Waals surface area (Å²) in [5.41, 5.74) is 6.55. The van der Waals surface area contributed by atoms with Crippen LogP contribution < -0.4 is 15.5 Å². The Hall–Kier alpha value is -4.13. The highest BCUT2D eigenvalue weighted by atomic mass is 16.5. The zero-order chi connectivity index (χ0) is 25.2. The zero-order valence-electron chi connectivity index (χ0n) is 20.6. The van der Waals surface area contributed by atoms with E-state index in [2.05, 4.69) is 36.6 Å². The Morgan fingerprint density at radius 1 is 0.971 bits per heavy atom. The predicted octanol–water partition coefficient (Wildman–Crippen LogP) is 6.03. The summed E-state index contributed by atoms with van der Waals surface area (Å²) in [4.78, 5) is 25.1. The van der Waals surface area contributed by atoms with Crippen molar-refractivity contribution in [1.29, 1.82) is 0 Å². The van der Waals surface area contributed by atoms with Crippen LogP contribution in [0.25, 0.3) is 21.9 Å². The molecule has 0 fully saturated rings. The van der Waals surface area contributed by atoms with Gasteiger partial charge in [-0.25, -0.2) is 5.43 Å². The van der Waals surface area contributed by atoms with Crippen molar-refractivity contribution >= 4 is 45.2 Å². The van der Waals surface area contributed by atoms with Crippen LogP contribution in [0.3, 0.4) is 0 Å². The van der Waals surface area contributed by atoms with Crippen molar-refractivity contribution in [3.8, 4) is 5.75 Å². The fourth-order valence-electron chi connectivity index (χ4n) is 3.82. The van der Waals surface area contributed by atoms with Crippen LogP contribution in [0.5, 0.6) is 5.75 Å². The Kier molecular flexibility index (Phi) is 6.60. The fourth-order valence-corrected chi connectivity index (χ4v) is 3.82. The molecule has 4 aromatic rings. The second-order valence-corrected chi connectivity index (χ2v) is 9.49. The van der Waals surface area contributed by atoms with E-state index in [4.69, 9.17) is 9.15 Å². The number of methoxy groups -OCH3 is 1. The van der Waals surface area contributed by atoms with Gasteiger partial charge >= 0.3 is 0 Å². The molecule has 7 nitrogen and oxygen atoms in total. The standard InChI is InChI=1S/C28H29N3O4/c1-17(30-31-27(33)18-10-12-19(13-11-18)28(2,3)4)14-26(32)29-22-16-24-21(15-25(22)34-5)20-8-6-7-9-23(20)35-24/h6-13,15-16H,14H2,1-5H3,(H,29,32)(H,31,33)/b30-17-. The molecule has 1 heterocycles. The summed E-state index contributed by atoms with van der Waals surface area (Å²) in [6.07, 6.45) is 0.00453. The topological polar surface area (TPSA) is 92.9 Å². The smallest absolute Gasteiger partial charge is 0.271 e. The maximum absolute atomic E-state index is 12.7. The lowest BCUT2D eigenvalue weighted by Gasteiger charge is -2.18. The van der Waals surface area contributed by atoms with Gasteiger partial charge in [-0.3, -0.25) is 9.59 Å². The van der Waals surface area contributed by atoms with Gasteiger partial charge in [0.15, 0.2) is 0 Å². The first-order valence-electron chi connectivity index (χ1n) is 11.4. The van der Waals surface area contributed by atoms with E-state index in [0.29, 0.717) is 28.3 Å². The summed E-state index contributed by atoms with van der Waals surface area (Å²) in [5.74, 6) is -0.0926. The van der Waals surface area contributed by atoms with Crippen molar-refractivity contribution in [2.45, 2.75) is 39.5 Å². The molecule has 3 aromatic carbocycles. The highest BCUT2D eigenvalue weighted by Gasteiger charge is 2.16. The molecule has 2 N–H and O–H groups in total. The van der Waals surface area contributed by atoms with Gasteiger partial charge in [0.2, 0.25) is 5.91 Å². The maximum atomic E-state index is 12.7. The number of hydrogen-bond donors (Lipinski definition) is 2. The van der Waals surface area contributed by atoms with Gasteiger partial charge in [-0.15, -0.1) is 0 Å². The number of rotatable bonds is 6. The molecule has 0 aliphatic carbocycles. The van der Waals surface area contributed by atoms with Crippen LogP contribution in [0.1, 0.15) is 50.0 Å². The van der Waals surface area contributed by atoms with E-state index in [1.807, 2.05) is 42.5 Å². The number of benzene rings is 3.